The number of alkyl halides is 3. The predicted molar refractivity (Wildman–Crippen MR) is 126 cm³/mol. The Morgan fingerprint density at radius 3 is 2.40 bits per heavy atom. The normalized spacial score (nSPS) is 27.3. The Morgan fingerprint density at radius 2 is 1.80 bits per heavy atom. The SMILES string of the molecule is COC(=O)N1CCN(C(=O)Cc2ccc(C(F)(F)F)c(Cl)c2)[C@@H]2[C@@H](N3CC[C@H](O)C3)CCC[C@@H]21.Cl. The van der Waals surface area contributed by atoms with E-state index >= 15 is 0 Å². The van der Waals surface area contributed by atoms with Crippen LogP contribution in [0.3, 0.4) is 0 Å². The molecular formula is C23H30Cl2F3N3O4. The summed E-state index contributed by atoms with van der Waals surface area (Å²) in [7, 11) is 1.33. The molecule has 12 heteroatoms. The number of halogens is 5. The van der Waals surface area contributed by atoms with Crippen molar-refractivity contribution in [2.45, 2.75) is 62.5 Å². The van der Waals surface area contributed by atoms with Crippen LogP contribution in [0.25, 0.3) is 0 Å². The smallest absolute Gasteiger partial charge is 0.417 e. The first-order valence-electron chi connectivity index (χ1n) is 11.5. The van der Waals surface area contributed by atoms with Gasteiger partial charge in [-0.15, -0.1) is 12.4 Å². The molecule has 2 heterocycles. The maximum absolute atomic E-state index is 13.4. The number of amides is 2. The zero-order chi connectivity index (χ0) is 24.6. The highest BCUT2D eigenvalue weighted by atomic mass is 35.5. The summed E-state index contributed by atoms with van der Waals surface area (Å²) in [5.74, 6) is -0.220. The number of hydrogen-bond acceptors (Lipinski definition) is 5. The molecular weight excluding hydrogens is 510 g/mol. The predicted octanol–water partition coefficient (Wildman–Crippen LogP) is 3.59. The van der Waals surface area contributed by atoms with Gasteiger partial charge in [-0.1, -0.05) is 17.7 Å². The van der Waals surface area contributed by atoms with Crippen LogP contribution in [0.4, 0.5) is 18.0 Å². The Morgan fingerprint density at radius 1 is 1.11 bits per heavy atom. The van der Waals surface area contributed by atoms with E-state index in [0.717, 1.165) is 25.3 Å². The number of nitrogens with zero attached hydrogens (tertiary/aromatic N) is 3. The minimum Gasteiger partial charge on any atom is -0.453 e. The second-order valence-electron chi connectivity index (χ2n) is 9.23. The van der Waals surface area contributed by atoms with Gasteiger partial charge in [0.2, 0.25) is 5.91 Å². The Labute approximate surface area is 213 Å². The summed E-state index contributed by atoms with van der Waals surface area (Å²) in [6.45, 7) is 1.85. The Hall–Kier alpha value is -1.75. The third kappa shape index (κ3) is 5.81. The standard InChI is InChI=1S/C23H29ClF3N3O4.ClH/c1-34-22(33)29-9-10-30(20(32)12-14-5-6-16(17(24)11-14)23(25,26)27)21-18(3-2-4-19(21)29)28-8-7-15(31)13-28;/h5-6,11,15,18-19,21,31H,2-4,7-10,12-13H2,1H3;1H/t15-,18-,19-,21+;/m0./s1. The van der Waals surface area contributed by atoms with Gasteiger partial charge in [0.05, 0.1) is 42.3 Å². The van der Waals surface area contributed by atoms with Crippen LogP contribution < -0.4 is 0 Å². The lowest BCUT2D eigenvalue weighted by Crippen LogP contribution is -2.69. The number of aliphatic hydroxyl groups excluding tert-OH is 1. The van der Waals surface area contributed by atoms with Crippen LogP contribution in [0, 0.1) is 0 Å². The minimum absolute atomic E-state index is 0. The van der Waals surface area contributed by atoms with Crippen molar-refractivity contribution in [2.75, 3.05) is 33.3 Å². The molecule has 0 unspecified atom stereocenters. The van der Waals surface area contributed by atoms with Crippen molar-refractivity contribution >= 4 is 36.0 Å². The second-order valence-corrected chi connectivity index (χ2v) is 9.64. The number of hydrogen-bond donors (Lipinski definition) is 1. The first-order valence-corrected chi connectivity index (χ1v) is 11.9. The number of methoxy groups -OCH3 is 1. The van der Waals surface area contributed by atoms with Crippen LogP contribution in [0.5, 0.6) is 0 Å². The molecule has 4 rings (SSSR count). The summed E-state index contributed by atoms with van der Waals surface area (Å²) < 4.78 is 44.1. The number of carbonyl (C=O) groups is 2. The molecule has 0 radical (unpaired) electrons. The summed E-state index contributed by atoms with van der Waals surface area (Å²) in [5, 5.41) is 9.64. The topological polar surface area (TPSA) is 73.3 Å². The number of β-amino-alcohol motifs (C(OH)–C–C–N with tert-alkyl or cyclic N) is 1. The monoisotopic (exact) mass is 539 g/mol. The average Bonchev–Trinajstić information content (AvgIpc) is 3.22. The maximum atomic E-state index is 13.4. The minimum atomic E-state index is -4.56. The molecule has 1 aromatic rings. The van der Waals surface area contributed by atoms with E-state index in [4.69, 9.17) is 16.3 Å². The van der Waals surface area contributed by atoms with Crippen LogP contribution in [0.2, 0.25) is 5.02 Å². The fourth-order valence-electron chi connectivity index (χ4n) is 5.70. The molecule has 7 nitrogen and oxygen atoms in total. The molecule has 1 saturated carbocycles. The Bertz CT molecular complexity index is 936. The molecule has 3 fully saturated rings. The quantitative estimate of drug-likeness (QED) is 0.635. The number of piperazine rings is 1. The number of likely N-dealkylation sites (tertiary alicyclic amines) is 1. The van der Waals surface area contributed by atoms with Gasteiger partial charge < -0.3 is 19.6 Å². The average molecular weight is 540 g/mol. The van der Waals surface area contributed by atoms with Crippen LogP contribution in [-0.4, -0.2) is 89.3 Å². The fourth-order valence-corrected chi connectivity index (χ4v) is 6.01. The maximum Gasteiger partial charge on any atom is 0.417 e. The summed E-state index contributed by atoms with van der Waals surface area (Å²) in [6.07, 6.45) is -2.41. The molecule has 0 aromatic heterocycles. The van der Waals surface area contributed by atoms with Gasteiger partial charge in [-0.25, -0.2) is 4.79 Å². The van der Waals surface area contributed by atoms with Gasteiger partial charge in [0.25, 0.3) is 0 Å². The first kappa shape index (κ1) is 27.8. The highest BCUT2D eigenvalue weighted by Crippen LogP contribution is 2.37. The molecule has 1 N–H and O–H groups in total. The third-order valence-corrected chi connectivity index (χ3v) is 7.53. The second kappa shape index (κ2) is 11.1. The van der Waals surface area contributed by atoms with Crippen molar-refractivity contribution < 1.29 is 32.6 Å². The van der Waals surface area contributed by atoms with Crippen LogP contribution in [0.15, 0.2) is 18.2 Å². The van der Waals surface area contributed by atoms with Gasteiger partial charge in [0.15, 0.2) is 0 Å². The lowest BCUT2D eigenvalue weighted by atomic mass is 9.81. The van der Waals surface area contributed by atoms with Crippen molar-refractivity contribution in [3.8, 4) is 0 Å². The van der Waals surface area contributed by atoms with E-state index in [1.807, 2.05) is 0 Å². The molecule has 0 spiro atoms. The zero-order valence-corrected chi connectivity index (χ0v) is 20.9. The molecule has 2 aliphatic heterocycles. The highest BCUT2D eigenvalue weighted by molar-refractivity contribution is 6.31. The third-order valence-electron chi connectivity index (χ3n) is 7.22. The zero-order valence-electron chi connectivity index (χ0n) is 19.3. The van der Waals surface area contributed by atoms with Crippen LogP contribution in [-0.2, 0) is 22.1 Å². The van der Waals surface area contributed by atoms with Crippen molar-refractivity contribution in [2.24, 2.45) is 0 Å². The van der Waals surface area contributed by atoms with Crippen LogP contribution in [0.1, 0.15) is 36.8 Å². The summed E-state index contributed by atoms with van der Waals surface area (Å²) >= 11 is 5.85. The van der Waals surface area contributed by atoms with E-state index in [9.17, 15) is 27.9 Å². The number of benzene rings is 1. The number of carbonyl (C=O) groups excluding carboxylic acids is 2. The van der Waals surface area contributed by atoms with E-state index in [2.05, 4.69) is 4.90 Å². The van der Waals surface area contributed by atoms with E-state index < -0.39 is 29.0 Å². The van der Waals surface area contributed by atoms with Gasteiger partial charge in [-0.2, -0.15) is 13.2 Å². The van der Waals surface area contributed by atoms with Gasteiger partial charge in [0.1, 0.15) is 0 Å². The van der Waals surface area contributed by atoms with Gasteiger partial charge >= 0.3 is 12.3 Å². The van der Waals surface area contributed by atoms with Gasteiger partial charge in [-0.3, -0.25) is 9.69 Å². The van der Waals surface area contributed by atoms with Gasteiger partial charge in [-0.05, 0) is 43.4 Å². The van der Waals surface area contributed by atoms with Crippen molar-refractivity contribution in [1.82, 2.24) is 14.7 Å². The molecule has 196 valence electrons. The number of fused-ring (bicyclic) bond motifs is 1. The summed E-state index contributed by atoms with van der Waals surface area (Å²) in [6, 6.07) is 2.84. The molecule has 0 bridgehead atoms. The molecule has 2 saturated heterocycles. The molecule has 1 aromatic carbocycles. The molecule has 3 aliphatic rings. The lowest BCUT2D eigenvalue weighted by Gasteiger charge is -2.54. The number of ether oxygens (including phenoxy) is 1. The van der Waals surface area contributed by atoms with Crippen molar-refractivity contribution in [1.29, 1.82) is 0 Å². The van der Waals surface area contributed by atoms with Gasteiger partial charge in [0, 0.05) is 32.2 Å². The number of rotatable bonds is 3. The fraction of sp³-hybridized carbons (Fsp3) is 0.652. The summed E-state index contributed by atoms with van der Waals surface area (Å²) in [5.41, 5.74) is -0.532. The first-order chi connectivity index (χ1) is 16.1. The van der Waals surface area contributed by atoms with E-state index in [-0.39, 0.29) is 42.9 Å². The largest absolute Gasteiger partial charge is 0.453 e. The molecule has 4 atom stereocenters. The van der Waals surface area contributed by atoms with E-state index in [1.54, 1.807) is 9.80 Å². The Kier molecular flexibility index (Phi) is 8.83. The Balaban J connectivity index is 0.00000342. The summed E-state index contributed by atoms with van der Waals surface area (Å²) in [4.78, 5) is 31.5. The van der Waals surface area contributed by atoms with E-state index in [1.165, 1.54) is 19.2 Å². The lowest BCUT2D eigenvalue weighted by molar-refractivity contribution is -0.142. The molecule has 2 amide bonds. The highest BCUT2D eigenvalue weighted by Gasteiger charge is 2.49. The molecule has 1 aliphatic carbocycles. The number of aliphatic hydroxyl groups is 1. The van der Waals surface area contributed by atoms with Crippen molar-refractivity contribution in [3.05, 3.63) is 34.3 Å². The van der Waals surface area contributed by atoms with E-state index in [0.29, 0.717) is 38.2 Å². The molecule has 35 heavy (non-hydrogen) atoms. The van der Waals surface area contributed by atoms with Crippen LogP contribution >= 0.6 is 24.0 Å². The van der Waals surface area contributed by atoms with Crippen molar-refractivity contribution in [3.63, 3.8) is 0 Å².